The van der Waals surface area contributed by atoms with Crippen molar-refractivity contribution in [2.24, 2.45) is 0 Å². The molecule has 0 atom stereocenters. The fourth-order valence-electron chi connectivity index (χ4n) is 1.66. The van der Waals surface area contributed by atoms with Crippen molar-refractivity contribution in [3.05, 3.63) is 29.3 Å². The number of rotatable bonds is 6. The lowest BCUT2D eigenvalue weighted by Gasteiger charge is -2.11. The summed E-state index contributed by atoms with van der Waals surface area (Å²) >= 11 is 0. The molecule has 6 nitrogen and oxygen atoms in total. The zero-order valence-corrected chi connectivity index (χ0v) is 12.8. The lowest BCUT2D eigenvalue weighted by molar-refractivity contribution is -0.124. The number of carbonyl (C=O) groups is 1. The Hall–Kier alpha value is -2.99. The van der Waals surface area contributed by atoms with E-state index >= 15 is 0 Å². The highest BCUT2D eigenvalue weighted by atomic mass is 16.5. The molecule has 1 aromatic rings. The number of benzene rings is 1. The van der Waals surface area contributed by atoms with Crippen LogP contribution in [0.3, 0.4) is 0 Å². The number of hydrogen-bond acceptors (Lipinski definition) is 5. The maximum absolute atomic E-state index is 11.8. The largest absolute Gasteiger partial charge is 0.490 e. The first-order valence-corrected chi connectivity index (χ1v) is 6.63. The Morgan fingerprint density at radius 1 is 1.27 bits per heavy atom. The van der Waals surface area contributed by atoms with E-state index in [0.717, 1.165) is 0 Å². The molecule has 0 unspecified atom stereocenters. The molecule has 0 fully saturated rings. The average Bonchev–Trinajstić information content (AvgIpc) is 2.51. The Bertz CT molecular complexity index is 652. The monoisotopic (exact) mass is 299 g/mol. The molecule has 0 N–H and O–H groups in total. The Morgan fingerprint density at radius 3 is 2.55 bits per heavy atom. The van der Waals surface area contributed by atoms with Crippen LogP contribution >= 0.6 is 0 Å². The molecular weight excluding hydrogens is 282 g/mol. The first-order chi connectivity index (χ1) is 10.5. The van der Waals surface area contributed by atoms with Crippen LogP contribution < -0.4 is 9.47 Å². The molecule has 0 aliphatic rings. The van der Waals surface area contributed by atoms with Crippen molar-refractivity contribution >= 4 is 12.0 Å². The minimum Gasteiger partial charge on any atom is -0.490 e. The van der Waals surface area contributed by atoms with Crippen molar-refractivity contribution in [2.75, 3.05) is 27.3 Å². The highest BCUT2D eigenvalue weighted by Gasteiger charge is 2.12. The van der Waals surface area contributed by atoms with Gasteiger partial charge in [0.25, 0.3) is 5.91 Å². The van der Waals surface area contributed by atoms with Crippen LogP contribution in [0.4, 0.5) is 0 Å². The molecule has 0 radical (unpaired) electrons. The maximum atomic E-state index is 11.8. The number of nitriles is 2. The lowest BCUT2D eigenvalue weighted by Crippen LogP contribution is -2.22. The molecule has 114 valence electrons. The molecule has 22 heavy (non-hydrogen) atoms. The van der Waals surface area contributed by atoms with Crippen molar-refractivity contribution in [3.8, 4) is 23.6 Å². The van der Waals surface area contributed by atoms with Crippen molar-refractivity contribution in [2.45, 2.75) is 6.92 Å². The molecule has 1 amide bonds. The van der Waals surface area contributed by atoms with Crippen molar-refractivity contribution in [3.63, 3.8) is 0 Å². The number of likely N-dealkylation sites (N-methyl/N-ethyl adjacent to an activating group) is 1. The third-order valence-corrected chi connectivity index (χ3v) is 2.63. The summed E-state index contributed by atoms with van der Waals surface area (Å²) < 4.78 is 10.7. The van der Waals surface area contributed by atoms with Gasteiger partial charge < -0.3 is 14.4 Å². The van der Waals surface area contributed by atoms with Gasteiger partial charge in [-0.1, -0.05) is 6.07 Å². The third kappa shape index (κ3) is 4.53. The number of nitrogens with zero attached hydrogens (tertiary/aromatic N) is 3. The number of amides is 1. The molecule has 1 rings (SSSR count). The van der Waals surface area contributed by atoms with Crippen LogP contribution in [0.15, 0.2) is 23.8 Å². The first kappa shape index (κ1) is 17.1. The normalized spacial score (nSPS) is 10.3. The van der Waals surface area contributed by atoms with Crippen LogP contribution in [0, 0.1) is 22.7 Å². The van der Waals surface area contributed by atoms with E-state index in [9.17, 15) is 4.79 Å². The summed E-state index contributed by atoms with van der Waals surface area (Å²) in [6, 6.07) is 8.77. The zero-order chi connectivity index (χ0) is 16.5. The molecule has 6 heteroatoms. The second-order valence-electron chi connectivity index (χ2n) is 4.46. The summed E-state index contributed by atoms with van der Waals surface area (Å²) in [5, 5.41) is 17.7. The number of carbonyl (C=O) groups excluding carboxylic acids is 1. The van der Waals surface area contributed by atoms with Gasteiger partial charge >= 0.3 is 0 Å². The van der Waals surface area contributed by atoms with E-state index in [1.807, 2.05) is 19.1 Å². The van der Waals surface area contributed by atoms with Crippen molar-refractivity contribution in [1.29, 1.82) is 10.5 Å². The maximum Gasteiger partial charge on any atom is 0.264 e. The summed E-state index contributed by atoms with van der Waals surface area (Å²) in [5.41, 5.74) is 0.664. The smallest absolute Gasteiger partial charge is 0.264 e. The van der Waals surface area contributed by atoms with Gasteiger partial charge in [0, 0.05) is 14.1 Å². The third-order valence-electron chi connectivity index (χ3n) is 2.63. The molecular formula is C16H17N3O3. The lowest BCUT2D eigenvalue weighted by atomic mass is 10.1. The van der Waals surface area contributed by atoms with Crippen molar-refractivity contribution < 1.29 is 14.3 Å². The van der Waals surface area contributed by atoms with Gasteiger partial charge in [0.2, 0.25) is 0 Å². The van der Waals surface area contributed by atoms with Crippen LogP contribution in [0.1, 0.15) is 12.5 Å². The average molecular weight is 299 g/mol. The number of hydrogen-bond donors (Lipinski definition) is 0. The summed E-state index contributed by atoms with van der Waals surface area (Å²) in [6.45, 7) is 2.17. The summed E-state index contributed by atoms with van der Waals surface area (Å²) in [4.78, 5) is 13.2. The fourth-order valence-corrected chi connectivity index (χ4v) is 1.66. The SMILES string of the molecule is CCOc1cc(/C=C(/C#N)C(=O)N(C)C)ccc1OCC#N. The molecule has 0 aliphatic heterocycles. The van der Waals surface area contributed by atoms with Gasteiger partial charge in [-0.15, -0.1) is 0 Å². The molecule has 0 aliphatic carbocycles. The quantitative estimate of drug-likeness (QED) is 0.592. The Labute approximate surface area is 129 Å². The van der Waals surface area contributed by atoms with Gasteiger partial charge in [0.05, 0.1) is 6.61 Å². The Kier molecular flexibility index (Phi) is 6.46. The molecule has 1 aromatic carbocycles. The van der Waals surface area contributed by atoms with Crippen LogP contribution in [-0.2, 0) is 4.79 Å². The Morgan fingerprint density at radius 2 is 2.00 bits per heavy atom. The van der Waals surface area contributed by atoms with Crippen LogP contribution in [0.2, 0.25) is 0 Å². The standard InChI is InChI=1S/C16H17N3O3/c1-4-21-15-10-12(5-6-14(15)22-8-7-17)9-13(11-18)16(20)19(2)3/h5-6,9-10H,4,8H2,1-3H3/b13-9-. The predicted molar refractivity (Wildman–Crippen MR) is 81.0 cm³/mol. The van der Waals surface area contributed by atoms with E-state index in [-0.39, 0.29) is 18.1 Å². The van der Waals surface area contributed by atoms with Gasteiger partial charge in [-0.3, -0.25) is 4.79 Å². The van der Waals surface area contributed by atoms with Gasteiger partial charge in [0.15, 0.2) is 18.1 Å². The zero-order valence-electron chi connectivity index (χ0n) is 12.8. The molecule has 0 heterocycles. The minimum absolute atomic E-state index is 0.0261. The second-order valence-corrected chi connectivity index (χ2v) is 4.46. The van der Waals surface area contributed by atoms with Gasteiger partial charge in [-0.2, -0.15) is 10.5 Å². The van der Waals surface area contributed by atoms with E-state index in [4.69, 9.17) is 20.0 Å². The molecule has 0 bridgehead atoms. The van der Waals surface area contributed by atoms with E-state index in [0.29, 0.717) is 23.7 Å². The van der Waals surface area contributed by atoms with E-state index in [1.54, 1.807) is 32.3 Å². The summed E-state index contributed by atoms with van der Waals surface area (Å²) in [7, 11) is 3.16. The van der Waals surface area contributed by atoms with Crippen LogP contribution in [-0.4, -0.2) is 38.1 Å². The Balaban J connectivity index is 3.16. The topological polar surface area (TPSA) is 86.3 Å². The van der Waals surface area contributed by atoms with E-state index in [2.05, 4.69) is 0 Å². The molecule has 0 saturated carbocycles. The van der Waals surface area contributed by atoms with E-state index < -0.39 is 0 Å². The fraction of sp³-hybridized carbons (Fsp3) is 0.312. The molecule has 0 spiro atoms. The van der Waals surface area contributed by atoms with Gasteiger partial charge in [0.1, 0.15) is 17.7 Å². The second kappa shape index (κ2) is 8.33. The summed E-state index contributed by atoms with van der Waals surface area (Å²) in [5.74, 6) is 0.532. The van der Waals surface area contributed by atoms with Crippen LogP contribution in [0.5, 0.6) is 11.5 Å². The highest BCUT2D eigenvalue weighted by molar-refractivity contribution is 6.01. The molecule has 0 saturated heterocycles. The van der Waals surface area contributed by atoms with Crippen molar-refractivity contribution in [1.82, 2.24) is 4.90 Å². The van der Waals surface area contributed by atoms with Gasteiger partial charge in [-0.25, -0.2) is 0 Å². The summed E-state index contributed by atoms with van der Waals surface area (Å²) in [6.07, 6.45) is 1.49. The minimum atomic E-state index is -0.370. The van der Waals surface area contributed by atoms with E-state index in [1.165, 1.54) is 11.0 Å². The van der Waals surface area contributed by atoms with Crippen LogP contribution in [0.25, 0.3) is 6.08 Å². The number of ether oxygens (including phenoxy) is 2. The molecule has 0 aromatic heterocycles. The first-order valence-electron chi connectivity index (χ1n) is 6.63. The highest BCUT2D eigenvalue weighted by Crippen LogP contribution is 2.29. The predicted octanol–water partition coefficient (Wildman–Crippen LogP) is 1.98. The van der Waals surface area contributed by atoms with Gasteiger partial charge in [-0.05, 0) is 30.7 Å².